The summed E-state index contributed by atoms with van der Waals surface area (Å²) in [7, 11) is 0. The topological polar surface area (TPSA) is 77.8 Å². The van der Waals surface area contributed by atoms with Crippen molar-refractivity contribution in [3.05, 3.63) is 89.5 Å². The van der Waals surface area contributed by atoms with Gasteiger partial charge in [0.25, 0.3) is 0 Å². The van der Waals surface area contributed by atoms with Gasteiger partial charge in [0, 0.05) is 0 Å². The monoisotopic (exact) mass is 396 g/mol. The molecular formula is C25H32O4. The van der Waals surface area contributed by atoms with Crippen LogP contribution < -0.4 is 0 Å². The Kier molecular flexibility index (Phi) is 11.5. The summed E-state index contributed by atoms with van der Waals surface area (Å²) < 4.78 is 0. The zero-order valence-corrected chi connectivity index (χ0v) is 17.9. The van der Waals surface area contributed by atoms with E-state index >= 15 is 0 Å². The van der Waals surface area contributed by atoms with Crippen LogP contribution in [0.15, 0.2) is 72.8 Å². The summed E-state index contributed by atoms with van der Waals surface area (Å²) in [4.78, 5) is 8.00. The van der Waals surface area contributed by atoms with Crippen LogP contribution in [-0.4, -0.2) is 22.1 Å². The second-order valence-electron chi connectivity index (χ2n) is 7.47. The predicted molar refractivity (Wildman–Crippen MR) is 120 cm³/mol. The van der Waals surface area contributed by atoms with Gasteiger partial charge in [-0.3, -0.25) is 0 Å². The van der Waals surface area contributed by atoms with Crippen molar-refractivity contribution in [2.24, 2.45) is 0 Å². The lowest BCUT2D eigenvalue weighted by Crippen LogP contribution is -2.10. The fourth-order valence-corrected chi connectivity index (χ4v) is 2.13. The summed E-state index contributed by atoms with van der Waals surface area (Å²) >= 11 is 0. The first kappa shape index (κ1) is 25.7. The number of carbonyl (C=O) groups excluding carboxylic acids is 1. The third-order valence-electron chi connectivity index (χ3n) is 3.77. The Hall–Kier alpha value is -3.27. The maximum Gasteiger partial charge on any atom is 0.115 e. The Balaban J connectivity index is 0.000000395. The number of rotatable bonds is 0. The molecule has 0 aliphatic carbocycles. The van der Waals surface area contributed by atoms with Crippen molar-refractivity contribution in [1.29, 1.82) is 0 Å². The molecule has 0 amide bonds. The van der Waals surface area contributed by atoms with Gasteiger partial charge in [0.15, 0.2) is 0 Å². The van der Waals surface area contributed by atoms with E-state index in [0.717, 1.165) is 5.56 Å². The number of aromatic hydroxyl groups is 3. The summed E-state index contributed by atoms with van der Waals surface area (Å²) in [6, 6.07) is 21.6. The van der Waals surface area contributed by atoms with Crippen molar-refractivity contribution in [3.8, 4) is 17.2 Å². The molecule has 3 aromatic rings. The van der Waals surface area contributed by atoms with Crippen molar-refractivity contribution in [1.82, 2.24) is 0 Å². The minimum Gasteiger partial charge on any atom is -0.508 e. The van der Waals surface area contributed by atoms with Crippen molar-refractivity contribution < 1.29 is 20.1 Å². The van der Waals surface area contributed by atoms with Gasteiger partial charge in [0.2, 0.25) is 0 Å². The molecule has 0 heterocycles. The first-order valence-corrected chi connectivity index (χ1v) is 9.17. The zero-order chi connectivity index (χ0) is 22.4. The normalized spacial score (nSPS) is 9.55. The van der Waals surface area contributed by atoms with E-state index in [1.807, 2.05) is 57.0 Å². The van der Waals surface area contributed by atoms with E-state index in [9.17, 15) is 0 Å². The van der Waals surface area contributed by atoms with Crippen molar-refractivity contribution >= 4 is 6.79 Å². The van der Waals surface area contributed by atoms with E-state index in [0.29, 0.717) is 17.2 Å². The second-order valence-corrected chi connectivity index (χ2v) is 7.47. The molecule has 0 saturated heterocycles. The molecule has 4 heteroatoms. The lowest BCUT2D eigenvalue weighted by Gasteiger charge is -2.18. The van der Waals surface area contributed by atoms with Gasteiger partial charge in [0.1, 0.15) is 24.0 Å². The highest BCUT2D eigenvalue weighted by Gasteiger charge is 2.12. The van der Waals surface area contributed by atoms with Crippen LogP contribution in [0.2, 0.25) is 0 Å². The molecule has 3 rings (SSSR count). The van der Waals surface area contributed by atoms with Crippen LogP contribution in [0.1, 0.15) is 37.5 Å². The number of hydrogen-bond acceptors (Lipinski definition) is 4. The molecule has 3 N–H and O–H groups in total. The predicted octanol–water partition coefficient (Wildman–Crippen LogP) is 5.91. The molecule has 3 aromatic carbocycles. The largest absolute Gasteiger partial charge is 0.508 e. The summed E-state index contributed by atoms with van der Waals surface area (Å²) in [6.07, 6.45) is 0. The maximum absolute atomic E-state index is 9.02. The van der Waals surface area contributed by atoms with Crippen LogP contribution in [0.25, 0.3) is 0 Å². The van der Waals surface area contributed by atoms with Gasteiger partial charge in [-0.05, 0) is 66.8 Å². The van der Waals surface area contributed by atoms with Crippen LogP contribution >= 0.6 is 0 Å². The van der Waals surface area contributed by atoms with E-state index in [-0.39, 0.29) is 5.41 Å². The lowest BCUT2D eigenvalue weighted by molar-refractivity contribution is -0.0980. The molecule has 0 aliphatic heterocycles. The number of aryl methyl sites for hydroxylation is 2. The number of hydrogen-bond donors (Lipinski definition) is 3. The summed E-state index contributed by atoms with van der Waals surface area (Å²) in [5, 5.41) is 26.6. The first-order valence-electron chi connectivity index (χ1n) is 9.17. The van der Waals surface area contributed by atoms with Crippen LogP contribution in [-0.2, 0) is 10.2 Å². The van der Waals surface area contributed by atoms with Crippen LogP contribution in [0.5, 0.6) is 17.2 Å². The molecule has 0 atom stereocenters. The molecule has 0 aliphatic rings. The summed E-state index contributed by atoms with van der Waals surface area (Å²) in [5.74, 6) is 0.999. The van der Waals surface area contributed by atoms with Crippen LogP contribution in [0.4, 0.5) is 0 Å². The number of benzene rings is 3. The average molecular weight is 397 g/mol. The fraction of sp³-hybridized carbons (Fsp3) is 0.240. The molecule has 0 fully saturated rings. The zero-order valence-electron chi connectivity index (χ0n) is 17.9. The molecular weight excluding hydrogens is 364 g/mol. The van der Waals surface area contributed by atoms with E-state index < -0.39 is 0 Å². The van der Waals surface area contributed by atoms with Crippen LogP contribution in [0.3, 0.4) is 0 Å². The highest BCUT2D eigenvalue weighted by Crippen LogP contribution is 2.23. The number of carbonyl (C=O) groups is 1. The summed E-state index contributed by atoms with van der Waals surface area (Å²) in [5.41, 5.74) is 3.68. The third-order valence-corrected chi connectivity index (χ3v) is 3.77. The standard InChI is InChI=1S/C10H14O.2C7H8O.CH2O/c1-10(2,3)8-4-6-9(11)7-5-8;1-6-2-4-7(8)5-3-6;1-6-3-2-4-7(8)5-6;1-2/h4-7,11H,1-3H3;2*2-5,8H,1H3;1H2. The molecule has 0 radical (unpaired) electrons. The number of phenolic OH excluding ortho intramolecular Hbond substituents is 3. The van der Waals surface area contributed by atoms with Gasteiger partial charge in [-0.25, -0.2) is 0 Å². The van der Waals surface area contributed by atoms with Gasteiger partial charge in [0.05, 0.1) is 0 Å². The lowest BCUT2D eigenvalue weighted by atomic mass is 9.87. The quantitative estimate of drug-likeness (QED) is 0.442. The SMILES string of the molecule is C=O.CC(C)(C)c1ccc(O)cc1.Cc1ccc(O)cc1.Cc1cccc(O)c1. The Morgan fingerprint density at radius 3 is 1.38 bits per heavy atom. The van der Waals surface area contributed by atoms with E-state index in [2.05, 4.69) is 20.8 Å². The molecule has 0 saturated carbocycles. The molecule has 0 unspecified atom stereocenters. The van der Waals surface area contributed by atoms with E-state index in [1.165, 1.54) is 11.1 Å². The van der Waals surface area contributed by atoms with E-state index in [1.54, 1.807) is 36.4 Å². The Morgan fingerprint density at radius 1 is 0.621 bits per heavy atom. The Bertz CT molecular complexity index is 778. The average Bonchev–Trinajstić information content (AvgIpc) is 2.66. The summed E-state index contributed by atoms with van der Waals surface area (Å²) in [6.45, 7) is 12.4. The molecule has 0 bridgehead atoms. The Morgan fingerprint density at radius 2 is 1.07 bits per heavy atom. The minimum absolute atomic E-state index is 0.174. The van der Waals surface area contributed by atoms with Crippen molar-refractivity contribution in [2.45, 2.75) is 40.0 Å². The second kappa shape index (κ2) is 13.0. The highest BCUT2D eigenvalue weighted by atomic mass is 16.3. The maximum atomic E-state index is 9.02. The van der Waals surface area contributed by atoms with Crippen molar-refractivity contribution in [3.63, 3.8) is 0 Å². The van der Waals surface area contributed by atoms with Crippen LogP contribution in [0, 0.1) is 13.8 Å². The molecule has 0 aromatic heterocycles. The molecule has 29 heavy (non-hydrogen) atoms. The molecule has 0 spiro atoms. The first-order chi connectivity index (χ1) is 13.6. The third kappa shape index (κ3) is 11.9. The minimum atomic E-state index is 0.174. The molecule has 156 valence electrons. The van der Waals surface area contributed by atoms with Gasteiger partial charge in [-0.1, -0.05) is 62.7 Å². The molecule has 4 nitrogen and oxygen atoms in total. The van der Waals surface area contributed by atoms with E-state index in [4.69, 9.17) is 20.1 Å². The van der Waals surface area contributed by atoms with Gasteiger partial charge < -0.3 is 20.1 Å². The van der Waals surface area contributed by atoms with Gasteiger partial charge >= 0.3 is 0 Å². The van der Waals surface area contributed by atoms with Gasteiger partial charge in [-0.2, -0.15) is 0 Å². The fourth-order valence-electron chi connectivity index (χ4n) is 2.13. The number of phenols is 3. The highest BCUT2D eigenvalue weighted by molar-refractivity contribution is 5.30. The smallest absolute Gasteiger partial charge is 0.115 e. The van der Waals surface area contributed by atoms with Gasteiger partial charge in [-0.15, -0.1) is 0 Å². The Labute approximate surface area is 174 Å². The van der Waals surface area contributed by atoms with Crippen molar-refractivity contribution in [2.75, 3.05) is 0 Å².